The molecule has 1 aliphatic carbocycles. The van der Waals surface area contributed by atoms with Crippen molar-refractivity contribution in [3.05, 3.63) is 34.9 Å². The summed E-state index contributed by atoms with van der Waals surface area (Å²) in [4.78, 5) is 2.32. The van der Waals surface area contributed by atoms with Crippen molar-refractivity contribution in [2.45, 2.75) is 31.0 Å². The maximum atomic E-state index is 10.3. The van der Waals surface area contributed by atoms with Crippen molar-refractivity contribution in [3.63, 3.8) is 0 Å². The Kier molecular flexibility index (Phi) is 3.81. The molecule has 1 unspecified atom stereocenters. The number of β-amino-alcohol motifs (C(OH)–C–C–N with tert-alkyl or cyclic N) is 1. The number of rotatable bonds is 3. The lowest BCUT2D eigenvalue weighted by molar-refractivity contribution is -0.155. The molecule has 0 radical (unpaired) electrons. The van der Waals surface area contributed by atoms with Crippen LogP contribution in [0.4, 0.5) is 0 Å². The molecule has 0 bridgehead atoms. The van der Waals surface area contributed by atoms with Crippen molar-refractivity contribution in [3.8, 4) is 0 Å². The van der Waals surface area contributed by atoms with Gasteiger partial charge in [0.15, 0.2) is 0 Å². The minimum absolute atomic E-state index is 0.0952. The van der Waals surface area contributed by atoms with Crippen LogP contribution in [0, 0.1) is 0 Å². The average Bonchev–Trinajstić information content (AvgIpc) is 2.38. The van der Waals surface area contributed by atoms with Crippen LogP contribution in [-0.4, -0.2) is 41.8 Å². The van der Waals surface area contributed by atoms with Crippen LogP contribution in [0.25, 0.3) is 0 Å². The highest BCUT2D eigenvalue weighted by Crippen LogP contribution is 2.38. The molecule has 1 heterocycles. The van der Waals surface area contributed by atoms with Gasteiger partial charge in [-0.25, -0.2) is 0 Å². The van der Waals surface area contributed by atoms with E-state index in [-0.39, 0.29) is 5.60 Å². The van der Waals surface area contributed by atoms with E-state index >= 15 is 0 Å². The van der Waals surface area contributed by atoms with E-state index in [0.29, 0.717) is 11.6 Å². The summed E-state index contributed by atoms with van der Waals surface area (Å²) in [6.45, 7) is 3.32. The molecule has 2 fully saturated rings. The van der Waals surface area contributed by atoms with Crippen LogP contribution >= 0.6 is 11.6 Å². The van der Waals surface area contributed by atoms with Crippen molar-refractivity contribution in [2.24, 2.45) is 0 Å². The van der Waals surface area contributed by atoms with Gasteiger partial charge in [0.05, 0.1) is 18.3 Å². The Bertz CT molecular complexity index is 430. The van der Waals surface area contributed by atoms with Gasteiger partial charge in [0.25, 0.3) is 0 Å². The normalized spacial score (nSPS) is 24.1. The maximum Gasteiger partial charge on any atom is 0.0916 e. The summed E-state index contributed by atoms with van der Waals surface area (Å²) in [7, 11) is 0. The quantitative estimate of drug-likeness (QED) is 0.924. The van der Waals surface area contributed by atoms with E-state index in [0.717, 1.165) is 25.3 Å². The highest BCUT2D eigenvalue weighted by atomic mass is 35.5. The van der Waals surface area contributed by atoms with Gasteiger partial charge in [0.2, 0.25) is 0 Å². The molecule has 1 saturated carbocycles. The fraction of sp³-hybridized carbons (Fsp3) is 0.600. The third-order valence-electron chi connectivity index (χ3n) is 4.28. The predicted molar refractivity (Wildman–Crippen MR) is 75.4 cm³/mol. The fourth-order valence-corrected chi connectivity index (χ4v) is 3.11. The van der Waals surface area contributed by atoms with E-state index in [4.69, 9.17) is 16.3 Å². The number of aliphatic hydroxyl groups is 1. The second kappa shape index (κ2) is 5.41. The first-order valence-corrected chi connectivity index (χ1v) is 7.35. The summed E-state index contributed by atoms with van der Waals surface area (Å²) >= 11 is 5.86. The summed E-state index contributed by atoms with van der Waals surface area (Å²) in [6.07, 6.45) is 3.15. The Labute approximate surface area is 119 Å². The number of benzene rings is 1. The topological polar surface area (TPSA) is 32.7 Å². The lowest BCUT2D eigenvalue weighted by atomic mass is 9.79. The molecular weight excluding hydrogens is 262 g/mol. The third-order valence-corrected chi connectivity index (χ3v) is 4.53. The zero-order valence-electron chi connectivity index (χ0n) is 11.0. The summed E-state index contributed by atoms with van der Waals surface area (Å²) < 4.78 is 5.89. The van der Waals surface area contributed by atoms with Crippen LogP contribution in [0.1, 0.15) is 30.9 Å². The summed E-state index contributed by atoms with van der Waals surface area (Å²) in [5.41, 5.74) is 1.02. The molecular formula is C15H20ClNO2. The second-order valence-electron chi connectivity index (χ2n) is 5.69. The molecule has 1 N–H and O–H groups in total. The zero-order chi connectivity index (χ0) is 13.3. The third kappa shape index (κ3) is 2.95. The summed E-state index contributed by atoms with van der Waals surface area (Å²) in [5.74, 6) is 0. The molecule has 1 saturated heterocycles. The van der Waals surface area contributed by atoms with Crippen LogP contribution in [0.2, 0.25) is 5.02 Å². The first-order valence-electron chi connectivity index (χ1n) is 6.97. The smallest absolute Gasteiger partial charge is 0.0916 e. The standard InChI is InChI=1S/C15H20ClNO2/c16-13-4-2-12(3-5-13)14(18)10-17-8-9-19-15(11-17)6-1-7-15/h2-5,14,18H,1,6-11H2. The monoisotopic (exact) mass is 281 g/mol. The van der Waals surface area contributed by atoms with Crippen molar-refractivity contribution < 1.29 is 9.84 Å². The molecule has 2 aliphatic rings. The number of aliphatic hydroxyl groups excluding tert-OH is 1. The van der Waals surface area contributed by atoms with Crippen LogP contribution in [-0.2, 0) is 4.74 Å². The van der Waals surface area contributed by atoms with Gasteiger partial charge in [-0.1, -0.05) is 23.7 Å². The maximum absolute atomic E-state index is 10.3. The Hall–Kier alpha value is -0.610. The molecule has 0 aromatic heterocycles. The molecule has 3 nitrogen and oxygen atoms in total. The number of halogens is 1. The van der Waals surface area contributed by atoms with Gasteiger partial charge in [0.1, 0.15) is 0 Å². The van der Waals surface area contributed by atoms with Gasteiger partial charge in [-0.15, -0.1) is 0 Å². The molecule has 1 aromatic rings. The molecule has 104 valence electrons. The largest absolute Gasteiger partial charge is 0.387 e. The zero-order valence-corrected chi connectivity index (χ0v) is 11.8. The van der Waals surface area contributed by atoms with Gasteiger partial charge >= 0.3 is 0 Å². The predicted octanol–water partition coefficient (Wildman–Crippen LogP) is 2.63. The Morgan fingerprint density at radius 1 is 1.32 bits per heavy atom. The van der Waals surface area contributed by atoms with Crippen molar-refractivity contribution in [1.82, 2.24) is 4.90 Å². The summed E-state index contributed by atoms with van der Waals surface area (Å²) in [5, 5.41) is 11.0. The first-order chi connectivity index (χ1) is 9.17. The Morgan fingerprint density at radius 3 is 2.68 bits per heavy atom. The van der Waals surface area contributed by atoms with Crippen molar-refractivity contribution in [2.75, 3.05) is 26.2 Å². The number of nitrogens with zero attached hydrogens (tertiary/aromatic N) is 1. The highest BCUT2D eigenvalue weighted by Gasteiger charge is 2.42. The minimum Gasteiger partial charge on any atom is -0.387 e. The van der Waals surface area contributed by atoms with Crippen molar-refractivity contribution >= 4 is 11.6 Å². The first kappa shape index (κ1) is 13.4. The van der Waals surface area contributed by atoms with Crippen LogP contribution in [0.3, 0.4) is 0 Å². The molecule has 0 amide bonds. The Morgan fingerprint density at radius 2 is 2.05 bits per heavy atom. The second-order valence-corrected chi connectivity index (χ2v) is 6.12. The van der Waals surface area contributed by atoms with Gasteiger partial charge in [-0.3, -0.25) is 4.90 Å². The van der Waals surface area contributed by atoms with E-state index < -0.39 is 6.10 Å². The molecule has 3 rings (SSSR count). The molecule has 19 heavy (non-hydrogen) atoms. The van der Waals surface area contributed by atoms with Crippen molar-refractivity contribution in [1.29, 1.82) is 0 Å². The fourth-order valence-electron chi connectivity index (χ4n) is 2.99. The average molecular weight is 282 g/mol. The molecule has 4 heteroatoms. The van der Waals surface area contributed by atoms with Gasteiger partial charge in [0, 0.05) is 24.7 Å². The number of ether oxygens (including phenoxy) is 1. The van der Waals surface area contributed by atoms with Crippen LogP contribution < -0.4 is 0 Å². The van der Waals surface area contributed by atoms with Gasteiger partial charge in [-0.2, -0.15) is 0 Å². The highest BCUT2D eigenvalue weighted by molar-refractivity contribution is 6.30. The van der Waals surface area contributed by atoms with E-state index in [1.54, 1.807) is 0 Å². The number of hydrogen-bond acceptors (Lipinski definition) is 3. The van der Waals surface area contributed by atoms with Crippen LogP contribution in [0.5, 0.6) is 0 Å². The Balaban J connectivity index is 1.59. The van der Waals surface area contributed by atoms with E-state index in [1.807, 2.05) is 24.3 Å². The molecule has 1 aliphatic heterocycles. The summed E-state index contributed by atoms with van der Waals surface area (Å²) in [6, 6.07) is 7.44. The van der Waals surface area contributed by atoms with Gasteiger partial charge < -0.3 is 9.84 Å². The van der Waals surface area contributed by atoms with Crippen LogP contribution in [0.15, 0.2) is 24.3 Å². The number of morpholine rings is 1. The molecule has 1 spiro atoms. The lowest BCUT2D eigenvalue weighted by Gasteiger charge is -2.48. The molecule has 1 aromatic carbocycles. The SMILES string of the molecule is OC(CN1CCOC2(CCC2)C1)c1ccc(Cl)cc1. The van der Waals surface area contributed by atoms with E-state index in [9.17, 15) is 5.11 Å². The minimum atomic E-state index is -0.451. The van der Waals surface area contributed by atoms with E-state index in [1.165, 1.54) is 19.3 Å². The lowest BCUT2D eigenvalue weighted by Crippen LogP contribution is -2.56. The number of hydrogen-bond donors (Lipinski definition) is 1. The van der Waals surface area contributed by atoms with Gasteiger partial charge in [-0.05, 0) is 37.0 Å². The van der Waals surface area contributed by atoms with E-state index in [2.05, 4.69) is 4.90 Å². The molecule has 1 atom stereocenters.